The Morgan fingerprint density at radius 1 is 1.22 bits per heavy atom. The van der Waals surface area contributed by atoms with Gasteiger partial charge in [-0.15, -0.1) is 11.3 Å². The summed E-state index contributed by atoms with van der Waals surface area (Å²) in [5.74, 6) is 1.19. The molecule has 1 aromatic heterocycles. The third-order valence-electron chi connectivity index (χ3n) is 5.03. The van der Waals surface area contributed by atoms with Gasteiger partial charge in [-0.3, -0.25) is 4.79 Å². The van der Waals surface area contributed by atoms with E-state index < -0.39 is 10.0 Å². The molecule has 1 aliphatic rings. The summed E-state index contributed by atoms with van der Waals surface area (Å²) in [4.78, 5) is 14.6. The number of aryl methyl sites for hydroxylation is 1. The van der Waals surface area contributed by atoms with Crippen molar-refractivity contribution in [3.8, 4) is 5.75 Å². The second kappa shape index (κ2) is 8.41. The van der Waals surface area contributed by atoms with Gasteiger partial charge in [-0.2, -0.15) is 0 Å². The first-order chi connectivity index (χ1) is 12.9. The van der Waals surface area contributed by atoms with Gasteiger partial charge in [-0.1, -0.05) is 12.1 Å². The molecular weight excluding hydrogens is 384 g/mol. The lowest BCUT2D eigenvalue weighted by Gasteiger charge is -2.32. The summed E-state index contributed by atoms with van der Waals surface area (Å²) in [6.07, 6.45) is 3.94. The number of nitrogens with two attached hydrogens (primary N) is 1. The molecule has 0 radical (unpaired) electrons. The Balaban J connectivity index is 1.53. The maximum absolute atomic E-state index is 12.7. The number of carbonyl (C=O) groups is 1. The molecule has 3 rings (SSSR count). The summed E-state index contributed by atoms with van der Waals surface area (Å²) in [5.41, 5.74) is 1.28. The first-order valence-corrected chi connectivity index (χ1v) is 11.3. The fourth-order valence-corrected chi connectivity index (χ4v) is 5.35. The van der Waals surface area contributed by atoms with Crippen LogP contribution in [0, 0.1) is 5.92 Å². The van der Waals surface area contributed by atoms with Gasteiger partial charge in [0.1, 0.15) is 15.5 Å². The molecule has 1 aliphatic heterocycles. The molecule has 0 saturated carbocycles. The van der Waals surface area contributed by atoms with Crippen LogP contribution >= 0.6 is 11.3 Å². The maximum Gasteiger partial charge on any atom is 0.265 e. The lowest BCUT2D eigenvalue weighted by Crippen LogP contribution is -2.38. The predicted octanol–water partition coefficient (Wildman–Crippen LogP) is 2.89. The average Bonchev–Trinajstić information content (AvgIpc) is 3.17. The van der Waals surface area contributed by atoms with Crippen LogP contribution in [0.1, 0.15) is 34.5 Å². The number of amides is 1. The number of carbonyl (C=O) groups excluding carboxylic acids is 1. The Hall–Kier alpha value is -1.90. The number of ether oxygens (including phenoxy) is 1. The molecule has 2 N–H and O–H groups in total. The van der Waals surface area contributed by atoms with E-state index in [0.29, 0.717) is 19.0 Å². The monoisotopic (exact) mass is 408 g/mol. The molecule has 2 heterocycles. The van der Waals surface area contributed by atoms with Crippen LogP contribution in [0.15, 0.2) is 40.6 Å². The minimum atomic E-state index is -3.87. The van der Waals surface area contributed by atoms with Gasteiger partial charge < -0.3 is 9.64 Å². The van der Waals surface area contributed by atoms with Gasteiger partial charge in [0.25, 0.3) is 5.91 Å². The van der Waals surface area contributed by atoms with Crippen molar-refractivity contribution >= 4 is 27.3 Å². The van der Waals surface area contributed by atoms with E-state index in [-0.39, 0.29) is 15.7 Å². The fourth-order valence-electron chi connectivity index (χ4n) is 3.41. The molecule has 1 saturated heterocycles. The van der Waals surface area contributed by atoms with Gasteiger partial charge in [0.05, 0.1) is 7.11 Å². The number of primary sulfonamides is 1. The van der Waals surface area contributed by atoms with Crippen molar-refractivity contribution in [2.75, 3.05) is 20.2 Å². The standard InChI is InChI=1S/C19H24N2O4S2/c1-25-16-6-4-14(5-7-16)2-3-15-8-11-21(12-9-15)19(22)18-17(10-13-26-18)27(20,23)24/h4-7,10,13,15H,2-3,8-9,11-12H2,1H3,(H2,20,23,24). The van der Waals surface area contributed by atoms with Crippen molar-refractivity contribution in [2.24, 2.45) is 11.1 Å². The Kier molecular flexibility index (Phi) is 6.18. The van der Waals surface area contributed by atoms with E-state index in [0.717, 1.165) is 42.8 Å². The largest absolute Gasteiger partial charge is 0.497 e. The van der Waals surface area contributed by atoms with Gasteiger partial charge in [0.2, 0.25) is 10.0 Å². The maximum atomic E-state index is 12.7. The fraction of sp³-hybridized carbons (Fsp3) is 0.421. The van der Waals surface area contributed by atoms with Crippen molar-refractivity contribution in [1.29, 1.82) is 0 Å². The number of hydrogen-bond donors (Lipinski definition) is 1. The second-order valence-corrected chi connectivity index (χ2v) is 9.23. The number of likely N-dealkylation sites (tertiary alicyclic amines) is 1. The number of sulfonamides is 1. The molecule has 27 heavy (non-hydrogen) atoms. The van der Waals surface area contributed by atoms with E-state index >= 15 is 0 Å². The number of thiophene rings is 1. The van der Waals surface area contributed by atoms with Crippen LogP contribution in [0.4, 0.5) is 0 Å². The molecule has 0 spiro atoms. The highest BCUT2D eigenvalue weighted by molar-refractivity contribution is 7.89. The Bertz CT molecular complexity index is 883. The normalized spacial score (nSPS) is 15.7. The molecule has 0 atom stereocenters. The van der Waals surface area contributed by atoms with Crippen LogP contribution < -0.4 is 9.88 Å². The minimum absolute atomic E-state index is 0.0703. The zero-order valence-corrected chi connectivity index (χ0v) is 16.9. The molecule has 146 valence electrons. The van der Waals surface area contributed by atoms with Gasteiger partial charge in [-0.05, 0) is 60.7 Å². The summed E-state index contributed by atoms with van der Waals surface area (Å²) in [7, 11) is -2.22. The SMILES string of the molecule is COc1ccc(CCC2CCN(C(=O)c3sccc3S(N)(=O)=O)CC2)cc1. The first kappa shape index (κ1) is 19.9. The van der Waals surface area contributed by atoms with Crippen LogP contribution in [-0.2, 0) is 16.4 Å². The topological polar surface area (TPSA) is 89.7 Å². The van der Waals surface area contributed by atoms with Gasteiger partial charge in [0.15, 0.2) is 0 Å². The Morgan fingerprint density at radius 2 is 1.89 bits per heavy atom. The zero-order valence-electron chi connectivity index (χ0n) is 15.3. The highest BCUT2D eigenvalue weighted by atomic mass is 32.2. The predicted molar refractivity (Wildman–Crippen MR) is 106 cm³/mol. The first-order valence-electron chi connectivity index (χ1n) is 8.91. The van der Waals surface area contributed by atoms with Crippen molar-refractivity contribution in [1.82, 2.24) is 4.90 Å². The summed E-state index contributed by atoms with van der Waals surface area (Å²) in [6, 6.07) is 9.52. The Labute approximate surface area is 164 Å². The van der Waals surface area contributed by atoms with Crippen LogP contribution in [0.3, 0.4) is 0 Å². The molecule has 0 unspecified atom stereocenters. The molecule has 1 fully saturated rings. The third kappa shape index (κ3) is 4.88. The molecule has 1 aromatic carbocycles. The van der Waals surface area contributed by atoms with Gasteiger partial charge in [0, 0.05) is 13.1 Å². The number of hydrogen-bond acceptors (Lipinski definition) is 5. The van der Waals surface area contributed by atoms with E-state index in [1.807, 2.05) is 12.1 Å². The van der Waals surface area contributed by atoms with E-state index in [2.05, 4.69) is 12.1 Å². The van der Waals surface area contributed by atoms with E-state index in [9.17, 15) is 13.2 Å². The second-order valence-electron chi connectivity index (χ2n) is 6.78. The van der Waals surface area contributed by atoms with Crippen molar-refractivity contribution < 1.29 is 17.9 Å². The smallest absolute Gasteiger partial charge is 0.265 e. The van der Waals surface area contributed by atoms with Crippen LogP contribution in [-0.4, -0.2) is 39.4 Å². The molecule has 8 heteroatoms. The zero-order chi connectivity index (χ0) is 19.4. The van der Waals surface area contributed by atoms with Crippen molar-refractivity contribution in [3.63, 3.8) is 0 Å². The van der Waals surface area contributed by atoms with Gasteiger partial charge >= 0.3 is 0 Å². The molecule has 0 bridgehead atoms. The third-order valence-corrected chi connectivity index (χ3v) is 7.02. The lowest BCUT2D eigenvalue weighted by atomic mass is 9.90. The quantitative estimate of drug-likeness (QED) is 0.796. The van der Waals surface area contributed by atoms with Gasteiger partial charge in [-0.25, -0.2) is 13.6 Å². The number of benzene rings is 1. The Morgan fingerprint density at radius 3 is 2.48 bits per heavy atom. The molecule has 0 aliphatic carbocycles. The lowest BCUT2D eigenvalue weighted by molar-refractivity contribution is 0.0688. The molecule has 1 amide bonds. The molecular formula is C19H24N2O4S2. The van der Waals surface area contributed by atoms with E-state index in [4.69, 9.17) is 9.88 Å². The van der Waals surface area contributed by atoms with Crippen molar-refractivity contribution in [3.05, 3.63) is 46.2 Å². The highest BCUT2D eigenvalue weighted by Crippen LogP contribution is 2.27. The number of rotatable bonds is 6. The number of piperidine rings is 1. The minimum Gasteiger partial charge on any atom is -0.497 e. The van der Waals surface area contributed by atoms with Crippen molar-refractivity contribution in [2.45, 2.75) is 30.6 Å². The number of methoxy groups -OCH3 is 1. The summed E-state index contributed by atoms with van der Waals surface area (Å²) >= 11 is 1.13. The summed E-state index contributed by atoms with van der Waals surface area (Å²) in [6.45, 7) is 1.29. The van der Waals surface area contributed by atoms with E-state index in [1.54, 1.807) is 17.4 Å². The number of nitrogens with zero attached hydrogens (tertiary/aromatic N) is 1. The molecule has 6 nitrogen and oxygen atoms in total. The molecule has 2 aromatic rings. The summed E-state index contributed by atoms with van der Waals surface area (Å²) in [5, 5.41) is 6.80. The van der Waals surface area contributed by atoms with Crippen LogP contribution in [0.25, 0.3) is 0 Å². The van der Waals surface area contributed by atoms with Crippen LogP contribution in [0.2, 0.25) is 0 Å². The van der Waals surface area contributed by atoms with Crippen LogP contribution in [0.5, 0.6) is 5.75 Å². The average molecular weight is 409 g/mol. The summed E-state index contributed by atoms with van der Waals surface area (Å²) < 4.78 is 28.4. The highest BCUT2D eigenvalue weighted by Gasteiger charge is 2.28. The van der Waals surface area contributed by atoms with E-state index in [1.165, 1.54) is 11.6 Å².